The summed E-state index contributed by atoms with van der Waals surface area (Å²) in [6.45, 7) is 2.84. The maximum atomic E-state index is 14.2. The first-order valence-corrected chi connectivity index (χ1v) is 11.5. The van der Waals surface area contributed by atoms with E-state index in [2.05, 4.69) is 4.98 Å². The summed E-state index contributed by atoms with van der Waals surface area (Å²) in [7, 11) is 1.37. The Morgan fingerprint density at radius 2 is 2.06 bits per heavy atom. The lowest BCUT2D eigenvalue weighted by atomic mass is 9.99. The number of hydrogen-bond donors (Lipinski definition) is 0. The van der Waals surface area contributed by atoms with Gasteiger partial charge in [0.2, 0.25) is 5.91 Å². The molecule has 8 nitrogen and oxygen atoms in total. The Kier molecular flexibility index (Phi) is 8.08. The predicted molar refractivity (Wildman–Crippen MR) is 122 cm³/mol. The predicted octanol–water partition coefficient (Wildman–Crippen LogP) is 2.53. The number of rotatable bonds is 7. The quantitative estimate of drug-likeness (QED) is 0.617. The lowest BCUT2D eigenvalue weighted by Crippen LogP contribution is -2.42. The Hall–Kier alpha value is -3.04. The van der Waals surface area contributed by atoms with Crippen molar-refractivity contribution in [2.75, 3.05) is 46.5 Å². The molecule has 0 unspecified atom stereocenters. The fourth-order valence-electron chi connectivity index (χ4n) is 4.34. The third kappa shape index (κ3) is 6.09. The van der Waals surface area contributed by atoms with Crippen LogP contribution in [0, 0.1) is 11.7 Å². The lowest BCUT2D eigenvalue weighted by molar-refractivity contribution is -0.132. The summed E-state index contributed by atoms with van der Waals surface area (Å²) >= 11 is 0. The number of benzene rings is 1. The molecule has 9 heteroatoms. The Labute approximate surface area is 198 Å². The van der Waals surface area contributed by atoms with E-state index in [0.29, 0.717) is 38.8 Å². The van der Waals surface area contributed by atoms with Crippen LogP contribution >= 0.6 is 0 Å². The fourth-order valence-corrected chi connectivity index (χ4v) is 4.34. The third-order valence-corrected chi connectivity index (χ3v) is 6.24. The van der Waals surface area contributed by atoms with Crippen molar-refractivity contribution >= 4 is 11.8 Å². The van der Waals surface area contributed by atoms with Crippen molar-refractivity contribution in [3.8, 4) is 5.75 Å². The fraction of sp³-hybridized carbons (Fsp3) is 0.480. The second-order valence-corrected chi connectivity index (χ2v) is 8.68. The molecule has 1 aromatic carbocycles. The van der Waals surface area contributed by atoms with E-state index in [1.807, 2.05) is 12.1 Å². The first-order valence-electron chi connectivity index (χ1n) is 11.5. The van der Waals surface area contributed by atoms with E-state index in [4.69, 9.17) is 14.2 Å². The Morgan fingerprint density at radius 1 is 1.24 bits per heavy atom. The molecule has 2 saturated heterocycles. The van der Waals surface area contributed by atoms with Gasteiger partial charge in [-0.3, -0.25) is 14.6 Å². The zero-order valence-electron chi connectivity index (χ0n) is 19.3. The topological polar surface area (TPSA) is 81.2 Å². The number of amides is 2. The minimum Gasteiger partial charge on any atom is -0.494 e. The summed E-state index contributed by atoms with van der Waals surface area (Å²) in [5.74, 6) is -0.766. The number of ether oxygens (including phenoxy) is 3. The van der Waals surface area contributed by atoms with Crippen LogP contribution in [0.5, 0.6) is 5.75 Å². The van der Waals surface area contributed by atoms with Gasteiger partial charge < -0.3 is 24.0 Å². The maximum absolute atomic E-state index is 14.2. The van der Waals surface area contributed by atoms with Gasteiger partial charge in [0.15, 0.2) is 11.6 Å². The van der Waals surface area contributed by atoms with Gasteiger partial charge in [-0.1, -0.05) is 6.07 Å². The molecule has 2 aliphatic rings. The maximum Gasteiger partial charge on any atom is 0.254 e. The molecule has 182 valence electrons. The van der Waals surface area contributed by atoms with Crippen molar-refractivity contribution in [3.63, 3.8) is 0 Å². The number of nitrogens with zero attached hydrogens (tertiary/aromatic N) is 3. The molecule has 0 bridgehead atoms. The molecule has 2 fully saturated rings. The monoisotopic (exact) mass is 471 g/mol. The first-order chi connectivity index (χ1) is 16.5. The molecule has 4 rings (SSSR count). The highest BCUT2D eigenvalue weighted by Crippen LogP contribution is 2.22. The van der Waals surface area contributed by atoms with E-state index in [-0.39, 0.29) is 30.3 Å². The second-order valence-electron chi connectivity index (χ2n) is 8.68. The molecule has 1 atom stereocenters. The molecular formula is C25H30FN3O5. The van der Waals surface area contributed by atoms with Crippen molar-refractivity contribution in [1.82, 2.24) is 14.8 Å². The van der Waals surface area contributed by atoms with Crippen molar-refractivity contribution in [1.29, 1.82) is 0 Å². The summed E-state index contributed by atoms with van der Waals surface area (Å²) in [6.07, 6.45) is 4.83. The Bertz CT molecular complexity index is 984. The largest absolute Gasteiger partial charge is 0.494 e. The summed E-state index contributed by atoms with van der Waals surface area (Å²) in [5.41, 5.74) is 1.07. The standard InChI is InChI=1S/C25H30FN3O5/c1-32-23-5-4-20(11-22(23)26)25(31)29-15-21(34-17-19-3-2-8-27-12-19)14-28(24(30)16-29)13-18-6-9-33-10-7-18/h2-5,8,11-12,18,21H,6-7,9-10,13-17H2,1H3/t21-/m0/s1. The van der Waals surface area contributed by atoms with E-state index in [1.165, 1.54) is 24.1 Å². The van der Waals surface area contributed by atoms with E-state index in [0.717, 1.165) is 24.5 Å². The highest BCUT2D eigenvalue weighted by atomic mass is 19.1. The third-order valence-electron chi connectivity index (χ3n) is 6.24. The second kappa shape index (κ2) is 11.4. The Balaban J connectivity index is 1.51. The Morgan fingerprint density at radius 3 is 2.76 bits per heavy atom. The highest BCUT2D eigenvalue weighted by molar-refractivity contribution is 5.97. The van der Waals surface area contributed by atoms with Crippen molar-refractivity contribution in [3.05, 3.63) is 59.7 Å². The molecule has 0 radical (unpaired) electrons. The molecule has 2 amide bonds. The normalized spacial score (nSPS) is 19.7. The molecule has 3 heterocycles. The minimum atomic E-state index is -0.625. The van der Waals surface area contributed by atoms with Crippen molar-refractivity contribution in [2.24, 2.45) is 5.92 Å². The van der Waals surface area contributed by atoms with Crippen LogP contribution in [0.4, 0.5) is 4.39 Å². The molecule has 2 aliphatic heterocycles. The van der Waals surface area contributed by atoms with Crippen LogP contribution in [0.2, 0.25) is 0 Å². The minimum absolute atomic E-state index is 0.0591. The van der Waals surface area contributed by atoms with Gasteiger partial charge in [-0.2, -0.15) is 0 Å². The zero-order valence-corrected chi connectivity index (χ0v) is 19.3. The van der Waals surface area contributed by atoms with Gasteiger partial charge in [0.05, 0.1) is 19.8 Å². The SMILES string of the molecule is COc1ccc(C(=O)N2CC(=O)N(CC3CCOCC3)C[C@H](OCc3cccnc3)C2)cc1F. The van der Waals surface area contributed by atoms with Gasteiger partial charge in [-0.05, 0) is 48.6 Å². The van der Waals surface area contributed by atoms with Gasteiger partial charge in [0.25, 0.3) is 5.91 Å². The average molecular weight is 472 g/mol. The van der Waals surface area contributed by atoms with E-state index in [1.54, 1.807) is 17.3 Å². The van der Waals surface area contributed by atoms with E-state index >= 15 is 0 Å². The van der Waals surface area contributed by atoms with Gasteiger partial charge in [0, 0.05) is 50.8 Å². The molecule has 0 aliphatic carbocycles. The van der Waals surface area contributed by atoms with E-state index < -0.39 is 17.8 Å². The molecule has 0 spiro atoms. The number of aromatic nitrogens is 1. The van der Waals surface area contributed by atoms with Crippen LogP contribution in [0.25, 0.3) is 0 Å². The molecule has 2 aromatic rings. The lowest BCUT2D eigenvalue weighted by Gasteiger charge is -2.30. The van der Waals surface area contributed by atoms with Crippen LogP contribution in [0.3, 0.4) is 0 Å². The van der Waals surface area contributed by atoms with Crippen molar-refractivity contribution in [2.45, 2.75) is 25.6 Å². The van der Waals surface area contributed by atoms with Crippen LogP contribution in [-0.4, -0.2) is 79.2 Å². The number of methoxy groups -OCH3 is 1. The van der Waals surface area contributed by atoms with Gasteiger partial charge in [0.1, 0.15) is 6.54 Å². The van der Waals surface area contributed by atoms with Gasteiger partial charge >= 0.3 is 0 Å². The number of halogens is 1. The summed E-state index contributed by atoms with van der Waals surface area (Å²) < 4.78 is 30.8. The number of carbonyl (C=O) groups is 2. The smallest absolute Gasteiger partial charge is 0.254 e. The molecule has 34 heavy (non-hydrogen) atoms. The van der Waals surface area contributed by atoms with Crippen molar-refractivity contribution < 1.29 is 28.2 Å². The zero-order chi connectivity index (χ0) is 23.9. The van der Waals surface area contributed by atoms with Crippen LogP contribution < -0.4 is 4.74 Å². The summed E-state index contributed by atoms with van der Waals surface area (Å²) in [6, 6.07) is 7.81. The van der Waals surface area contributed by atoms with Crippen LogP contribution in [0.15, 0.2) is 42.7 Å². The summed E-state index contributed by atoms with van der Waals surface area (Å²) in [5, 5.41) is 0. The van der Waals surface area contributed by atoms with Gasteiger partial charge in [-0.15, -0.1) is 0 Å². The van der Waals surface area contributed by atoms with E-state index in [9.17, 15) is 14.0 Å². The van der Waals surface area contributed by atoms with Crippen LogP contribution in [0.1, 0.15) is 28.8 Å². The summed E-state index contributed by atoms with van der Waals surface area (Å²) in [4.78, 5) is 33.7. The van der Waals surface area contributed by atoms with Gasteiger partial charge in [-0.25, -0.2) is 4.39 Å². The molecular weight excluding hydrogens is 441 g/mol. The average Bonchev–Trinajstić information content (AvgIpc) is 3.02. The molecule has 0 saturated carbocycles. The number of hydrogen-bond acceptors (Lipinski definition) is 6. The highest BCUT2D eigenvalue weighted by Gasteiger charge is 2.33. The van der Waals surface area contributed by atoms with Crippen LogP contribution in [-0.2, 0) is 20.9 Å². The molecule has 1 aromatic heterocycles. The molecule has 0 N–H and O–H groups in total. The number of pyridine rings is 1. The first kappa shape index (κ1) is 24.1. The number of carbonyl (C=O) groups excluding carboxylic acids is 2.